The first kappa shape index (κ1) is 17.3. The molecule has 0 spiro atoms. The summed E-state index contributed by atoms with van der Waals surface area (Å²) in [5.74, 6) is 0. The van der Waals surface area contributed by atoms with E-state index in [-0.39, 0.29) is 16.9 Å². The maximum atomic E-state index is 13.1. The quantitative estimate of drug-likeness (QED) is 0.495. The number of aromatic nitrogens is 2. The number of nitrogens with zero attached hydrogens (tertiary/aromatic N) is 2. The van der Waals surface area contributed by atoms with E-state index >= 15 is 0 Å². The van der Waals surface area contributed by atoms with Gasteiger partial charge in [-0.05, 0) is 37.5 Å². The van der Waals surface area contributed by atoms with Gasteiger partial charge in [-0.2, -0.15) is 0 Å². The topological polar surface area (TPSA) is 44.1 Å². The van der Waals surface area contributed by atoms with Crippen molar-refractivity contribution in [3.63, 3.8) is 0 Å². The van der Waals surface area contributed by atoms with Crippen molar-refractivity contribution in [1.82, 2.24) is 9.55 Å². The van der Waals surface area contributed by atoms with Crippen molar-refractivity contribution >= 4 is 22.7 Å². The summed E-state index contributed by atoms with van der Waals surface area (Å²) in [6.07, 6.45) is 2.16. The van der Waals surface area contributed by atoms with Crippen molar-refractivity contribution in [2.45, 2.75) is 42.8 Å². The molecule has 4 rings (SSSR count). The van der Waals surface area contributed by atoms with Gasteiger partial charge in [0.25, 0.3) is 5.56 Å². The third-order valence-electron chi connectivity index (χ3n) is 4.79. The Morgan fingerprint density at radius 1 is 1.19 bits per heavy atom. The Bertz CT molecular complexity index is 949. The Kier molecular flexibility index (Phi) is 5.09. The van der Waals surface area contributed by atoms with Crippen LogP contribution < -0.4 is 5.56 Å². The lowest BCUT2D eigenvalue weighted by Crippen LogP contribution is -2.29. The molecule has 0 bridgehead atoms. The number of fused-ring (bicyclic) bond motifs is 1. The third kappa shape index (κ3) is 3.55. The maximum Gasteiger partial charge on any atom is 0.262 e. The Morgan fingerprint density at radius 3 is 2.73 bits per heavy atom. The number of hydrogen-bond donors (Lipinski definition) is 0. The molecular formula is C21H22N2O2S. The van der Waals surface area contributed by atoms with Crippen LogP contribution in [-0.4, -0.2) is 22.3 Å². The van der Waals surface area contributed by atoms with Crippen molar-refractivity contribution in [1.29, 1.82) is 0 Å². The minimum atomic E-state index is 0.0221. The zero-order chi connectivity index (χ0) is 17.9. The van der Waals surface area contributed by atoms with Gasteiger partial charge in [0, 0.05) is 11.9 Å². The number of benzene rings is 2. The molecule has 4 nitrogen and oxygen atoms in total. The molecule has 1 fully saturated rings. The lowest BCUT2D eigenvalue weighted by atomic mass is 10.2. The van der Waals surface area contributed by atoms with Crippen molar-refractivity contribution in [2.75, 3.05) is 6.61 Å². The first-order valence-electron chi connectivity index (χ1n) is 9.05. The van der Waals surface area contributed by atoms with Crippen LogP contribution in [0.2, 0.25) is 0 Å². The van der Waals surface area contributed by atoms with Crippen LogP contribution in [-0.2, 0) is 11.3 Å². The molecule has 26 heavy (non-hydrogen) atoms. The van der Waals surface area contributed by atoms with Crippen molar-refractivity contribution in [3.8, 4) is 0 Å². The summed E-state index contributed by atoms with van der Waals surface area (Å²) in [7, 11) is 0. The molecule has 2 atom stereocenters. The summed E-state index contributed by atoms with van der Waals surface area (Å²) in [4.78, 5) is 17.9. The Balaban J connectivity index is 1.74. The largest absolute Gasteiger partial charge is 0.376 e. The molecule has 0 aliphatic carbocycles. The highest BCUT2D eigenvalue weighted by atomic mass is 32.2. The average molecular weight is 366 g/mol. The number of hydrogen-bond acceptors (Lipinski definition) is 4. The van der Waals surface area contributed by atoms with Gasteiger partial charge in [0.2, 0.25) is 0 Å². The zero-order valence-electron chi connectivity index (χ0n) is 14.8. The fourth-order valence-electron chi connectivity index (χ4n) is 3.34. The van der Waals surface area contributed by atoms with Gasteiger partial charge in [0.05, 0.1) is 23.6 Å². The van der Waals surface area contributed by atoms with Crippen LogP contribution in [0, 0.1) is 0 Å². The predicted octanol–water partition coefficient (Wildman–Crippen LogP) is 4.43. The van der Waals surface area contributed by atoms with Gasteiger partial charge < -0.3 is 4.74 Å². The summed E-state index contributed by atoms with van der Waals surface area (Å²) < 4.78 is 7.58. The molecule has 0 saturated carbocycles. The number of ether oxygens (including phenoxy) is 1. The molecule has 0 unspecified atom stereocenters. The number of rotatable bonds is 5. The predicted molar refractivity (Wildman–Crippen MR) is 106 cm³/mol. The van der Waals surface area contributed by atoms with Gasteiger partial charge in [-0.15, -0.1) is 0 Å². The van der Waals surface area contributed by atoms with E-state index in [0.29, 0.717) is 11.9 Å². The van der Waals surface area contributed by atoms with Gasteiger partial charge in [-0.25, -0.2) is 4.98 Å². The van der Waals surface area contributed by atoms with E-state index in [2.05, 4.69) is 19.1 Å². The molecule has 1 aliphatic heterocycles. The molecular weight excluding hydrogens is 344 g/mol. The molecule has 134 valence electrons. The second-order valence-corrected chi connectivity index (χ2v) is 7.94. The Hall–Kier alpha value is -2.11. The zero-order valence-corrected chi connectivity index (χ0v) is 15.6. The fraction of sp³-hybridized carbons (Fsp3) is 0.333. The molecule has 2 aromatic carbocycles. The van der Waals surface area contributed by atoms with Gasteiger partial charge in [-0.1, -0.05) is 54.2 Å². The molecule has 1 aromatic heterocycles. The molecule has 2 heterocycles. The lowest BCUT2D eigenvalue weighted by molar-refractivity contribution is 0.0937. The number of thioether (sulfide) groups is 1. The summed E-state index contributed by atoms with van der Waals surface area (Å²) >= 11 is 1.63. The van der Waals surface area contributed by atoms with Crippen LogP contribution >= 0.6 is 11.8 Å². The van der Waals surface area contributed by atoms with E-state index in [4.69, 9.17) is 9.72 Å². The van der Waals surface area contributed by atoms with Crippen molar-refractivity contribution in [2.24, 2.45) is 0 Å². The summed E-state index contributed by atoms with van der Waals surface area (Å²) in [5.41, 5.74) is 2.00. The smallest absolute Gasteiger partial charge is 0.262 e. The second kappa shape index (κ2) is 7.64. The van der Waals surface area contributed by atoms with Gasteiger partial charge >= 0.3 is 0 Å². The van der Waals surface area contributed by atoms with E-state index in [0.717, 1.165) is 30.1 Å². The Labute approximate surface area is 157 Å². The SMILES string of the molecule is C[C@@H](Sc1nc2ccccc2c(=O)n1C[C@@H]1CCCO1)c1ccccc1. The number of para-hydroxylation sites is 1. The van der Waals surface area contributed by atoms with E-state index in [1.807, 2.05) is 47.0 Å². The maximum absolute atomic E-state index is 13.1. The van der Waals surface area contributed by atoms with Crippen LogP contribution in [0.25, 0.3) is 10.9 Å². The highest BCUT2D eigenvalue weighted by Gasteiger charge is 2.21. The standard InChI is InChI=1S/C21H22N2O2S/c1-15(16-8-3-2-4-9-16)26-21-22-19-12-6-5-11-18(19)20(24)23(21)14-17-10-7-13-25-17/h2-6,8-9,11-12,15,17H,7,10,13-14H2,1H3/t15-,17+/m1/s1. The highest BCUT2D eigenvalue weighted by Crippen LogP contribution is 2.34. The first-order valence-corrected chi connectivity index (χ1v) is 9.93. The lowest BCUT2D eigenvalue weighted by Gasteiger charge is -2.18. The summed E-state index contributed by atoms with van der Waals surface area (Å²) in [5, 5.41) is 1.64. The average Bonchev–Trinajstić information content (AvgIpc) is 3.19. The molecule has 3 aromatic rings. The van der Waals surface area contributed by atoms with Crippen LogP contribution in [0.1, 0.15) is 30.6 Å². The highest BCUT2D eigenvalue weighted by molar-refractivity contribution is 7.99. The second-order valence-electron chi connectivity index (χ2n) is 6.63. The molecule has 5 heteroatoms. The van der Waals surface area contributed by atoms with E-state index in [1.165, 1.54) is 5.56 Å². The molecule has 1 aliphatic rings. The monoisotopic (exact) mass is 366 g/mol. The normalized spacial score (nSPS) is 18.3. The minimum Gasteiger partial charge on any atom is -0.376 e. The van der Waals surface area contributed by atoms with Crippen LogP contribution in [0.3, 0.4) is 0 Å². The van der Waals surface area contributed by atoms with Gasteiger partial charge in [0.15, 0.2) is 5.16 Å². The Morgan fingerprint density at radius 2 is 1.96 bits per heavy atom. The molecule has 0 N–H and O–H groups in total. The molecule has 0 amide bonds. The van der Waals surface area contributed by atoms with Gasteiger partial charge in [0.1, 0.15) is 0 Å². The van der Waals surface area contributed by atoms with E-state index in [1.54, 1.807) is 11.8 Å². The summed E-state index contributed by atoms with van der Waals surface area (Å²) in [6.45, 7) is 3.50. The van der Waals surface area contributed by atoms with Gasteiger partial charge in [-0.3, -0.25) is 9.36 Å². The van der Waals surface area contributed by atoms with Crippen molar-refractivity contribution < 1.29 is 4.74 Å². The third-order valence-corrected chi connectivity index (χ3v) is 5.94. The van der Waals surface area contributed by atoms with E-state index < -0.39 is 0 Å². The minimum absolute atomic E-state index is 0.0221. The van der Waals surface area contributed by atoms with Crippen LogP contribution in [0.15, 0.2) is 64.5 Å². The first-order chi connectivity index (χ1) is 12.7. The fourth-order valence-corrected chi connectivity index (χ4v) is 4.39. The molecule has 1 saturated heterocycles. The summed E-state index contributed by atoms with van der Waals surface area (Å²) in [6, 6.07) is 17.9. The van der Waals surface area contributed by atoms with Crippen LogP contribution in [0.4, 0.5) is 0 Å². The van der Waals surface area contributed by atoms with E-state index in [9.17, 15) is 4.79 Å². The van der Waals surface area contributed by atoms with Crippen LogP contribution in [0.5, 0.6) is 0 Å². The molecule has 0 radical (unpaired) electrons. The van der Waals surface area contributed by atoms with Crippen molar-refractivity contribution in [3.05, 3.63) is 70.5 Å².